The summed E-state index contributed by atoms with van der Waals surface area (Å²) in [6.07, 6.45) is 2.00. The molecule has 0 aliphatic heterocycles. The van der Waals surface area contributed by atoms with E-state index in [2.05, 4.69) is 11.1 Å². The Labute approximate surface area is 100 Å². The SMILES string of the molecule is Cc1nc2cc(Cl)ccc2cc1CCCN. The minimum absolute atomic E-state index is 0.720. The second kappa shape index (κ2) is 4.81. The topological polar surface area (TPSA) is 38.9 Å². The third kappa shape index (κ3) is 2.34. The first-order chi connectivity index (χ1) is 7.70. The molecular weight excluding hydrogens is 220 g/mol. The smallest absolute Gasteiger partial charge is 0.0720 e. The summed E-state index contributed by atoms with van der Waals surface area (Å²) in [5, 5.41) is 1.87. The summed E-state index contributed by atoms with van der Waals surface area (Å²) in [7, 11) is 0. The molecule has 0 aliphatic rings. The van der Waals surface area contributed by atoms with Crippen molar-refractivity contribution in [3.05, 3.63) is 40.5 Å². The van der Waals surface area contributed by atoms with Crippen molar-refractivity contribution >= 4 is 22.5 Å². The van der Waals surface area contributed by atoms with E-state index in [4.69, 9.17) is 17.3 Å². The number of nitrogens with two attached hydrogens (primary N) is 1. The van der Waals surface area contributed by atoms with Gasteiger partial charge in [0.05, 0.1) is 5.52 Å². The van der Waals surface area contributed by atoms with Gasteiger partial charge in [-0.3, -0.25) is 4.98 Å². The molecule has 16 heavy (non-hydrogen) atoms. The number of rotatable bonds is 3. The summed E-state index contributed by atoms with van der Waals surface area (Å²) in [4.78, 5) is 4.56. The lowest BCUT2D eigenvalue weighted by Crippen LogP contribution is -2.02. The zero-order valence-corrected chi connectivity index (χ0v) is 10.1. The van der Waals surface area contributed by atoms with E-state index < -0.39 is 0 Å². The zero-order chi connectivity index (χ0) is 11.5. The van der Waals surface area contributed by atoms with Crippen LogP contribution < -0.4 is 5.73 Å². The zero-order valence-electron chi connectivity index (χ0n) is 9.33. The standard InChI is InChI=1S/C13H15ClN2/c1-9-10(3-2-6-15)7-11-4-5-12(14)8-13(11)16-9/h4-5,7-8H,2-3,6,15H2,1H3. The van der Waals surface area contributed by atoms with Crippen molar-refractivity contribution in [3.63, 3.8) is 0 Å². The molecule has 0 bridgehead atoms. The van der Waals surface area contributed by atoms with E-state index >= 15 is 0 Å². The monoisotopic (exact) mass is 234 g/mol. The van der Waals surface area contributed by atoms with Crippen LogP contribution in [0, 0.1) is 6.92 Å². The van der Waals surface area contributed by atoms with Crippen molar-refractivity contribution in [2.75, 3.05) is 6.54 Å². The lowest BCUT2D eigenvalue weighted by atomic mass is 10.1. The number of aryl methyl sites for hydroxylation is 2. The molecule has 1 aromatic heterocycles. The Morgan fingerprint density at radius 2 is 2.12 bits per heavy atom. The maximum atomic E-state index is 5.94. The predicted molar refractivity (Wildman–Crippen MR) is 68.9 cm³/mol. The number of hydrogen-bond donors (Lipinski definition) is 1. The molecule has 2 rings (SSSR count). The second-order valence-corrected chi connectivity index (χ2v) is 4.40. The van der Waals surface area contributed by atoms with Crippen LogP contribution >= 0.6 is 11.6 Å². The Kier molecular flexibility index (Phi) is 3.42. The first kappa shape index (κ1) is 11.4. The number of aromatic nitrogens is 1. The van der Waals surface area contributed by atoms with Crippen molar-refractivity contribution in [1.82, 2.24) is 4.98 Å². The van der Waals surface area contributed by atoms with E-state index in [1.807, 2.05) is 25.1 Å². The molecule has 0 unspecified atom stereocenters. The number of fused-ring (bicyclic) bond motifs is 1. The van der Waals surface area contributed by atoms with Crippen LogP contribution in [0.1, 0.15) is 17.7 Å². The van der Waals surface area contributed by atoms with E-state index in [1.54, 1.807) is 0 Å². The summed E-state index contributed by atoms with van der Waals surface area (Å²) in [5.74, 6) is 0. The molecule has 1 heterocycles. The van der Waals surface area contributed by atoms with Crippen molar-refractivity contribution in [2.45, 2.75) is 19.8 Å². The number of halogens is 1. The molecule has 2 nitrogen and oxygen atoms in total. The fourth-order valence-corrected chi connectivity index (χ4v) is 1.99. The fourth-order valence-electron chi connectivity index (χ4n) is 1.83. The van der Waals surface area contributed by atoms with Crippen LogP contribution in [-0.4, -0.2) is 11.5 Å². The molecule has 0 fully saturated rings. The summed E-state index contributed by atoms with van der Waals surface area (Å²) in [6.45, 7) is 2.75. The molecule has 2 aromatic rings. The van der Waals surface area contributed by atoms with Gasteiger partial charge in [0.15, 0.2) is 0 Å². The van der Waals surface area contributed by atoms with E-state index in [0.717, 1.165) is 41.0 Å². The van der Waals surface area contributed by atoms with Gasteiger partial charge in [-0.2, -0.15) is 0 Å². The first-order valence-corrected chi connectivity index (χ1v) is 5.84. The van der Waals surface area contributed by atoms with Gasteiger partial charge < -0.3 is 5.73 Å². The van der Waals surface area contributed by atoms with Crippen LogP contribution in [0.15, 0.2) is 24.3 Å². The van der Waals surface area contributed by atoms with Gasteiger partial charge in [-0.25, -0.2) is 0 Å². The molecule has 0 atom stereocenters. The third-order valence-electron chi connectivity index (χ3n) is 2.73. The summed E-state index contributed by atoms with van der Waals surface area (Å²) in [5.41, 5.74) is 8.83. The molecular formula is C13H15ClN2. The van der Waals surface area contributed by atoms with Crippen LogP contribution in [0.2, 0.25) is 5.02 Å². The second-order valence-electron chi connectivity index (χ2n) is 3.96. The number of benzene rings is 1. The van der Waals surface area contributed by atoms with E-state index in [-0.39, 0.29) is 0 Å². The van der Waals surface area contributed by atoms with E-state index in [0.29, 0.717) is 0 Å². The molecule has 0 aliphatic carbocycles. The Balaban J connectivity index is 2.45. The Hall–Kier alpha value is -1.12. The molecule has 3 heteroatoms. The lowest BCUT2D eigenvalue weighted by molar-refractivity contribution is 0.824. The maximum Gasteiger partial charge on any atom is 0.0720 e. The average Bonchev–Trinajstić information content (AvgIpc) is 2.26. The quantitative estimate of drug-likeness (QED) is 0.887. The largest absolute Gasteiger partial charge is 0.330 e. The Bertz CT molecular complexity index is 509. The van der Waals surface area contributed by atoms with Crippen LogP contribution in [0.3, 0.4) is 0 Å². The van der Waals surface area contributed by atoms with E-state index in [1.165, 1.54) is 5.56 Å². The van der Waals surface area contributed by atoms with Crippen LogP contribution in [-0.2, 0) is 6.42 Å². The highest BCUT2D eigenvalue weighted by atomic mass is 35.5. The number of hydrogen-bond acceptors (Lipinski definition) is 2. The molecule has 0 amide bonds. The summed E-state index contributed by atoms with van der Waals surface area (Å²) >= 11 is 5.94. The molecule has 0 radical (unpaired) electrons. The van der Waals surface area contributed by atoms with Gasteiger partial charge in [0.1, 0.15) is 0 Å². The van der Waals surface area contributed by atoms with Gasteiger partial charge in [0, 0.05) is 16.1 Å². The predicted octanol–water partition coefficient (Wildman–Crippen LogP) is 3.09. The summed E-state index contributed by atoms with van der Waals surface area (Å²) in [6, 6.07) is 7.99. The number of pyridine rings is 1. The van der Waals surface area contributed by atoms with Gasteiger partial charge in [-0.05, 0) is 50.1 Å². The van der Waals surface area contributed by atoms with Crippen molar-refractivity contribution in [1.29, 1.82) is 0 Å². The van der Waals surface area contributed by atoms with Crippen LogP contribution in [0.4, 0.5) is 0 Å². The van der Waals surface area contributed by atoms with E-state index in [9.17, 15) is 0 Å². The number of nitrogens with zero attached hydrogens (tertiary/aromatic N) is 1. The third-order valence-corrected chi connectivity index (χ3v) is 2.96. The minimum Gasteiger partial charge on any atom is -0.330 e. The minimum atomic E-state index is 0.720. The van der Waals surface area contributed by atoms with Gasteiger partial charge in [0.25, 0.3) is 0 Å². The summed E-state index contributed by atoms with van der Waals surface area (Å²) < 4.78 is 0. The highest BCUT2D eigenvalue weighted by Crippen LogP contribution is 2.21. The highest BCUT2D eigenvalue weighted by molar-refractivity contribution is 6.31. The molecule has 1 aromatic carbocycles. The van der Waals surface area contributed by atoms with Crippen LogP contribution in [0.5, 0.6) is 0 Å². The Morgan fingerprint density at radius 3 is 2.88 bits per heavy atom. The maximum absolute atomic E-state index is 5.94. The molecule has 0 saturated carbocycles. The normalized spacial score (nSPS) is 10.9. The van der Waals surface area contributed by atoms with Crippen molar-refractivity contribution < 1.29 is 0 Å². The van der Waals surface area contributed by atoms with Gasteiger partial charge in [-0.1, -0.05) is 17.7 Å². The van der Waals surface area contributed by atoms with Gasteiger partial charge >= 0.3 is 0 Å². The Morgan fingerprint density at radius 1 is 1.31 bits per heavy atom. The molecule has 84 valence electrons. The van der Waals surface area contributed by atoms with Crippen molar-refractivity contribution in [2.24, 2.45) is 5.73 Å². The first-order valence-electron chi connectivity index (χ1n) is 5.46. The van der Waals surface area contributed by atoms with Gasteiger partial charge in [-0.15, -0.1) is 0 Å². The van der Waals surface area contributed by atoms with Gasteiger partial charge in [0.2, 0.25) is 0 Å². The molecule has 0 spiro atoms. The highest BCUT2D eigenvalue weighted by Gasteiger charge is 2.03. The molecule has 0 saturated heterocycles. The van der Waals surface area contributed by atoms with Crippen molar-refractivity contribution in [3.8, 4) is 0 Å². The average molecular weight is 235 g/mol. The fraction of sp³-hybridized carbons (Fsp3) is 0.308. The molecule has 2 N–H and O–H groups in total. The van der Waals surface area contributed by atoms with Crippen LogP contribution in [0.25, 0.3) is 10.9 Å². The lowest BCUT2D eigenvalue weighted by Gasteiger charge is -2.07.